The second kappa shape index (κ2) is 8.05. The molecular formula is C17H18O7. The Labute approximate surface area is 139 Å². The van der Waals surface area contributed by atoms with E-state index in [-0.39, 0.29) is 19.0 Å². The Balaban J connectivity index is 2.17. The van der Waals surface area contributed by atoms with Gasteiger partial charge in [0.05, 0.1) is 20.8 Å². The smallest absolute Gasteiger partial charge is 0.374 e. The third-order valence-electron chi connectivity index (χ3n) is 3.12. The second-order valence-electron chi connectivity index (χ2n) is 4.65. The molecule has 0 amide bonds. The molecule has 0 radical (unpaired) electrons. The normalized spacial score (nSPS) is 10.1. The molecule has 7 heteroatoms. The van der Waals surface area contributed by atoms with Crippen molar-refractivity contribution >= 4 is 12.3 Å². The van der Waals surface area contributed by atoms with Crippen molar-refractivity contribution in [2.24, 2.45) is 0 Å². The number of esters is 1. The van der Waals surface area contributed by atoms with Crippen LogP contribution in [-0.4, -0.2) is 33.1 Å². The van der Waals surface area contributed by atoms with Crippen molar-refractivity contribution in [2.45, 2.75) is 13.5 Å². The van der Waals surface area contributed by atoms with Gasteiger partial charge in [-0.05, 0) is 31.2 Å². The first-order chi connectivity index (χ1) is 11.6. The minimum atomic E-state index is -0.533. The number of benzene rings is 1. The number of furan rings is 1. The summed E-state index contributed by atoms with van der Waals surface area (Å²) in [6, 6.07) is 6.21. The van der Waals surface area contributed by atoms with Crippen LogP contribution in [0, 0.1) is 0 Å². The van der Waals surface area contributed by atoms with Gasteiger partial charge in [-0.25, -0.2) is 4.79 Å². The zero-order valence-corrected chi connectivity index (χ0v) is 13.7. The number of aldehydes is 1. The zero-order chi connectivity index (χ0) is 17.5. The Hall–Kier alpha value is -2.96. The third-order valence-corrected chi connectivity index (χ3v) is 3.12. The molecule has 0 unspecified atom stereocenters. The van der Waals surface area contributed by atoms with Gasteiger partial charge in [0.15, 0.2) is 11.5 Å². The molecular weight excluding hydrogens is 316 g/mol. The Morgan fingerprint density at radius 2 is 1.83 bits per heavy atom. The monoisotopic (exact) mass is 334 g/mol. The number of methoxy groups -OCH3 is 2. The zero-order valence-electron chi connectivity index (χ0n) is 13.7. The van der Waals surface area contributed by atoms with Gasteiger partial charge >= 0.3 is 5.97 Å². The quantitative estimate of drug-likeness (QED) is 0.542. The highest BCUT2D eigenvalue weighted by Crippen LogP contribution is 2.38. The summed E-state index contributed by atoms with van der Waals surface area (Å²) in [7, 11) is 2.92. The van der Waals surface area contributed by atoms with E-state index in [2.05, 4.69) is 0 Å². The molecule has 1 heterocycles. The fourth-order valence-electron chi connectivity index (χ4n) is 2.02. The van der Waals surface area contributed by atoms with E-state index in [4.69, 9.17) is 23.4 Å². The lowest BCUT2D eigenvalue weighted by molar-refractivity contribution is 0.0485. The van der Waals surface area contributed by atoms with Gasteiger partial charge < -0.3 is 23.4 Å². The van der Waals surface area contributed by atoms with Crippen molar-refractivity contribution in [3.05, 3.63) is 41.3 Å². The van der Waals surface area contributed by atoms with E-state index >= 15 is 0 Å². The highest BCUT2D eigenvalue weighted by Gasteiger charge is 2.16. The maximum atomic E-state index is 11.6. The minimum absolute atomic E-state index is 0.0482. The van der Waals surface area contributed by atoms with E-state index < -0.39 is 5.97 Å². The first-order valence-electron chi connectivity index (χ1n) is 7.22. The molecule has 1 aromatic heterocycles. The van der Waals surface area contributed by atoms with Crippen molar-refractivity contribution in [2.75, 3.05) is 20.8 Å². The first kappa shape index (κ1) is 17.4. The lowest BCUT2D eigenvalue weighted by Gasteiger charge is -2.14. The average molecular weight is 334 g/mol. The van der Waals surface area contributed by atoms with Gasteiger partial charge in [0.25, 0.3) is 0 Å². The summed E-state index contributed by atoms with van der Waals surface area (Å²) >= 11 is 0. The molecule has 24 heavy (non-hydrogen) atoms. The summed E-state index contributed by atoms with van der Waals surface area (Å²) in [6.45, 7) is 2.03. The number of carbonyl (C=O) groups is 2. The van der Waals surface area contributed by atoms with E-state index in [0.717, 1.165) is 0 Å². The van der Waals surface area contributed by atoms with Crippen molar-refractivity contribution in [1.82, 2.24) is 0 Å². The molecule has 0 bridgehead atoms. The summed E-state index contributed by atoms with van der Waals surface area (Å²) in [6.07, 6.45) is 0.687. The number of hydrogen-bond acceptors (Lipinski definition) is 7. The molecule has 0 atom stereocenters. The van der Waals surface area contributed by atoms with E-state index in [0.29, 0.717) is 34.9 Å². The molecule has 0 spiro atoms. The molecule has 0 N–H and O–H groups in total. The number of rotatable bonds is 8. The molecule has 0 saturated carbocycles. The minimum Gasteiger partial charge on any atom is -0.493 e. The highest BCUT2D eigenvalue weighted by atomic mass is 16.6. The van der Waals surface area contributed by atoms with Crippen LogP contribution in [0.5, 0.6) is 17.2 Å². The lowest BCUT2D eigenvalue weighted by atomic mass is 10.2. The van der Waals surface area contributed by atoms with Crippen LogP contribution in [0.25, 0.3) is 0 Å². The Bertz CT molecular complexity index is 692. The topological polar surface area (TPSA) is 84.2 Å². The molecule has 128 valence electrons. The molecule has 2 rings (SSSR count). The standard InChI is InChI=1S/C17H18O7/c1-4-22-17(19)13-6-5-12(24-13)10-23-16-14(20-2)7-11(9-18)8-15(16)21-3/h5-9H,4,10H2,1-3H3. The summed E-state index contributed by atoms with van der Waals surface area (Å²) in [5.74, 6) is 1.04. The van der Waals surface area contributed by atoms with Crippen LogP contribution >= 0.6 is 0 Å². The SMILES string of the molecule is CCOC(=O)c1ccc(COc2c(OC)cc(C=O)cc2OC)o1. The van der Waals surface area contributed by atoms with Crippen LogP contribution in [0.15, 0.2) is 28.7 Å². The average Bonchev–Trinajstić information content (AvgIpc) is 3.08. The summed E-state index contributed by atoms with van der Waals surface area (Å²) < 4.78 is 26.4. The fraction of sp³-hybridized carbons (Fsp3) is 0.294. The first-order valence-corrected chi connectivity index (χ1v) is 7.22. The molecule has 7 nitrogen and oxygen atoms in total. The van der Waals surface area contributed by atoms with Crippen LogP contribution in [0.1, 0.15) is 33.6 Å². The predicted octanol–water partition coefficient (Wildman–Crippen LogP) is 2.87. The van der Waals surface area contributed by atoms with E-state index in [1.165, 1.54) is 32.4 Å². The molecule has 0 aliphatic heterocycles. The van der Waals surface area contributed by atoms with Crippen LogP contribution in [0.4, 0.5) is 0 Å². The Morgan fingerprint density at radius 1 is 1.17 bits per heavy atom. The Morgan fingerprint density at radius 3 is 2.38 bits per heavy atom. The van der Waals surface area contributed by atoms with E-state index in [1.807, 2.05) is 0 Å². The van der Waals surface area contributed by atoms with Gasteiger partial charge in [-0.2, -0.15) is 0 Å². The lowest BCUT2D eigenvalue weighted by Crippen LogP contribution is -2.03. The molecule has 0 fully saturated rings. The maximum absolute atomic E-state index is 11.6. The van der Waals surface area contributed by atoms with Crippen LogP contribution < -0.4 is 14.2 Å². The van der Waals surface area contributed by atoms with Gasteiger partial charge in [-0.1, -0.05) is 0 Å². The second-order valence-corrected chi connectivity index (χ2v) is 4.65. The van der Waals surface area contributed by atoms with Crippen LogP contribution in [-0.2, 0) is 11.3 Å². The van der Waals surface area contributed by atoms with E-state index in [1.54, 1.807) is 13.0 Å². The molecule has 0 aliphatic carbocycles. The summed E-state index contributed by atoms with van der Waals surface area (Å²) in [5.41, 5.74) is 0.402. The van der Waals surface area contributed by atoms with Gasteiger partial charge in [0.2, 0.25) is 11.5 Å². The van der Waals surface area contributed by atoms with Gasteiger partial charge in [-0.15, -0.1) is 0 Å². The van der Waals surface area contributed by atoms with Crippen molar-refractivity contribution in [1.29, 1.82) is 0 Å². The number of carbonyl (C=O) groups excluding carboxylic acids is 2. The predicted molar refractivity (Wildman–Crippen MR) is 83.9 cm³/mol. The van der Waals surface area contributed by atoms with Crippen LogP contribution in [0.2, 0.25) is 0 Å². The largest absolute Gasteiger partial charge is 0.493 e. The fourth-order valence-corrected chi connectivity index (χ4v) is 2.02. The van der Waals surface area contributed by atoms with Crippen molar-refractivity contribution in [3.63, 3.8) is 0 Å². The molecule has 1 aromatic carbocycles. The third kappa shape index (κ3) is 3.87. The van der Waals surface area contributed by atoms with Crippen molar-refractivity contribution < 1.29 is 33.0 Å². The van der Waals surface area contributed by atoms with Gasteiger partial charge in [0.1, 0.15) is 18.7 Å². The Kier molecular flexibility index (Phi) is 5.83. The van der Waals surface area contributed by atoms with Crippen molar-refractivity contribution in [3.8, 4) is 17.2 Å². The summed E-state index contributed by atoms with van der Waals surface area (Å²) in [5, 5.41) is 0. The number of hydrogen-bond donors (Lipinski definition) is 0. The van der Waals surface area contributed by atoms with Crippen LogP contribution in [0.3, 0.4) is 0 Å². The van der Waals surface area contributed by atoms with Gasteiger partial charge in [0, 0.05) is 5.56 Å². The van der Waals surface area contributed by atoms with Gasteiger partial charge in [-0.3, -0.25) is 4.79 Å². The molecule has 0 aliphatic rings. The number of ether oxygens (including phenoxy) is 4. The highest BCUT2D eigenvalue weighted by molar-refractivity contribution is 5.86. The maximum Gasteiger partial charge on any atom is 0.374 e. The summed E-state index contributed by atoms with van der Waals surface area (Å²) in [4.78, 5) is 22.5. The van der Waals surface area contributed by atoms with E-state index in [9.17, 15) is 9.59 Å². The molecule has 0 saturated heterocycles. The molecule has 2 aromatic rings.